The van der Waals surface area contributed by atoms with E-state index in [-0.39, 0.29) is 30.4 Å². The van der Waals surface area contributed by atoms with E-state index >= 15 is 0 Å². The third-order valence-electron chi connectivity index (χ3n) is 5.04. The highest BCUT2D eigenvalue weighted by Crippen LogP contribution is 2.31. The van der Waals surface area contributed by atoms with Gasteiger partial charge in [-0.3, -0.25) is 9.59 Å². The number of benzene rings is 1. The standard InChI is InChI=1S/C18H23ClN2O5/c19-13-4-2-1-3-12(13)15-16(26-9-14(23)21-15)17(24)20-10-18(11-22)5-7-25-8-6-18/h1-4,15-16,22H,5-11H2,(H,20,24)(H,21,23)/t15-,16+/m1/s1. The Hall–Kier alpha value is -1.67. The van der Waals surface area contributed by atoms with Gasteiger partial charge in [-0.05, 0) is 24.5 Å². The summed E-state index contributed by atoms with van der Waals surface area (Å²) in [5, 5.41) is 15.9. The smallest absolute Gasteiger partial charge is 0.251 e. The highest BCUT2D eigenvalue weighted by Gasteiger charge is 2.39. The number of halogens is 1. The van der Waals surface area contributed by atoms with Crippen LogP contribution in [-0.2, 0) is 19.1 Å². The third kappa shape index (κ3) is 4.17. The number of hydrogen-bond donors (Lipinski definition) is 3. The van der Waals surface area contributed by atoms with E-state index in [0.29, 0.717) is 43.2 Å². The van der Waals surface area contributed by atoms with Crippen LogP contribution in [0.1, 0.15) is 24.4 Å². The number of carbonyl (C=O) groups is 2. The normalized spacial score (nSPS) is 25.4. The van der Waals surface area contributed by atoms with Gasteiger partial charge >= 0.3 is 0 Å². The number of ether oxygens (including phenoxy) is 2. The molecule has 2 fully saturated rings. The first-order valence-electron chi connectivity index (χ1n) is 8.66. The van der Waals surface area contributed by atoms with Crippen LogP contribution in [0.4, 0.5) is 0 Å². The molecule has 2 atom stereocenters. The van der Waals surface area contributed by atoms with E-state index in [2.05, 4.69) is 10.6 Å². The van der Waals surface area contributed by atoms with Crippen molar-refractivity contribution in [2.24, 2.45) is 5.41 Å². The van der Waals surface area contributed by atoms with E-state index in [9.17, 15) is 14.7 Å². The summed E-state index contributed by atoms with van der Waals surface area (Å²) in [6, 6.07) is 6.37. The van der Waals surface area contributed by atoms with Gasteiger partial charge in [0, 0.05) is 30.2 Å². The maximum Gasteiger partial charge on any atom is 0.251 e. The zero-order chi connectivity index (χ0) is 18.6. The average Bonchev–Trinajstić information content (AvgIpc) is 2.67. The SMILES string of the molecule is O=C1CO[C@H](C(=O)NCC2(CO)CCOCC2)[C@@H](c2ccccc2Cl)N1. The van der Waals surface area contributed by atoms with Gasteiger partial charge < -0.3 is 25.2 Å². The van der Waals surface area contributed by atoms with Crippen molar-refractivity contribution in [2.75, 3.05) is 33.0 Å². The van der Waals surface area contributed by atoms with Gasteiger partial charge in [0.2, 0.25) is 5.91 Å². The molecule has 1 aromatic rings. The fourth-order valence-corrected chi connectivity index (χ4v) is 3.57. The van der Waals surface area contributed by atoms with Crippen molar-refractivity contribution < 1.29 is 24.2 Å². The molecule has 0 unspecified atom stereocenters. The van der Waals surface area contributed by atoms with E-state index in [4.69, 9.17) is 21.1 Å². The molecule has 2 saturated heterocycles. The van der Waals surface area contributed by atoms with Crippen LogP contribution in [0, 0.1) is 5.41 Å². The molecule has 26 heavy (non-hydrogen) atoms. The van der Waals surface area contributed by atoms with Crippen LogP contribution in [0.2, 0.25) is 5.02 Å². The quantitative estimate of drug-likeness (QED) is 0.700. The van der Waals surface area contributed by atoms with Gasteiger partial charge in [-0.1, -0.05) is 29.8 Å². The number of nitrogens with one attached hydrogen (secondary N) is 2. The first kappa shape index (κ1) is 19.1. The average molecular weight is 383 g/mol. The molecule has 3 rings (SSSR count). The Morgan fingerprint density at radius 2 is 2.08 bits per heavy atom. The number of aliphatic hydroxyl groups excluding tert-OH is 1. The van der Waals surface area contributed by atoms with Gasteiger partial charge in [0.1, 0.15) is 6.61 Å². The summed E-state index contributed by atoms with van der Waals surface area (Å²) < 4.78 is 10.8. The van der Waals surface area contributed by atoms with Crippen LogP contribution < -0.4 is 10.6 Å². The Morgan fingerprint density at radius 1 is 1.35 bits per heavy atom. The molecule has 2 amide bonds. The Kier molecular flexibility index (Phi) is 6.13. The Labute approximate surface area is 157 Å². The Balaban J connectivity index is 1.71. The largest absolute Gasteiger partial charge is 0.396 e. The van der Waals surface area contributed by atoms with Gasteiger partial charge in [-0.25, -0.2) is 0 Å². The molecule has 0 saturated carbocycles. The molecule has 2 aliphatic rings. The lowest BCUT2D eigenvalue weighted by Crippen LogP contribution is -2.54. The molecule has 0 bridgehead atoms. The van der Waals surface area contributed by atoms with Crippen molar-refractivity contribution in [3.63, 3.8) is 0 Å². The maximum atomic E-state index is 12.8. The fraction of sp³-hybridized carbons (Fsp3) is 0.556. The van der Waals surface area contributed by atoms with E-state index in [1.807, 2.05) is 0 Å². The number of rotatable bonds is 5. The summed E-state index contributed by atoms with van der Waals surface area (Å²) in [4.78, 5) is 24.5. The van der Waals surface area contributed by atoms with E-state index in [0.717, 1.165) is 0 Å². The molecule has 2 heterocycles. The van der Waals surface area contributed by atoms with Crippen LogP contribution in [0.5, 0.6) is 0 Å². The highest BCUT2D eigenvalue weighted by atomic mass is 35.5. The minimum atomic E-state index is -0.886. The summed E-state index contributed by atoms with van der Waals surface area (Å²) in [7, 11) is 0. The Morgan fingerprint density at radius 3 is 2.77 bits per heavy atom. The predicted octanol–water partition coefficient (Wildman–Crippen LogP) is 0.801. The minimum absolute atomic E-state index is 0.0210. The number of aliphatic hydroxyl groups is 1. The monoisotopic (exact) mass is 382 g/mol. The van der Waals surface area contributed by atoms with Crippen molar-refractivity contribution in [2.45, 2.75) is 25.0 Å². The number of carbonyl (C=O) groups excluding carboxylic acids is 2. The first-order valence-corrected chi connectivity index (χ1v) is 9.04. The summed E-state index contributed by atoms with van der Waals surface area (Å²) >= 11 is 6.23. The molecule has 142 valence electrons. The summed E-state index contributed by atoms with van der Waals surface area (Å²) in [6.07, 6.45) is 0.475. The summed E-state index contributed by atoms with van der Waals surface area (Å²) in [6.45, 7) is 1.25. The molecule has 7 nitrogen and oxygen atoms in total. The zero-order valence-electron chi connectivity index (χ0n) is 14.4. The van der Waals surface area contributed by atoms with E-state index < -0.39 is 12.1 Å². The molecule has 1 aromatic carbocycles. The molecule has 0 spiro atoms. The highest BCUT2D eigenvalue weighted by molar-refractivity contribution is 6.31. The molecule has 0 aliphatic carbocycles. The second-order valence-electron chi connectivity index (χ2n) is 6.79. The van der Waals surface area contributed by atoms with Crippen molar-refractivity contribution in [3.05, 3.63) is 34.9 Å². The third-order valence-corrected chi connectivity index (χ3v) is 5.38. The summed E-state index contributed by atoms with van der Waals surface area (Å²) in [5.41, 5.74) is 0.247. The van der Waals surface area contributed by atoms with Crippen LogP contribution >= 0.6 is 11.6 Å². The molecule has 0 radical (unpaired) electrons. The van der Waals surface area contributed by atoms with Gasteiger partial charge in [0.05, 0.1) is 12.6 Å². The van der Waals surface area contributed by atoms with Crippen molar-refractivity contribution >= 4 is 23.4 Å². The summed E-state index contributed by atoms with van der Waals surface area (Å²) in [5.74, 6) is -0.635. The molecule has 2 aliphatic heterocycles. The fourth-order valence-electron chi connectivity index (χ4n) is 3.32. The lowest BCUT2D eigenvalue weighted by atomic mass is 9.81. The predicted molar refractivity (Wildman–Crippen MR) is 94.7 cm³/mol. The van der Waals surface area contributed by atoms with Crippen LogP contribution in [0.15, 0.2) is 24.3 Å². The molecular formula is C18H23ClN2O5. The second-order valence-corrected chi connectivity index (χ2v) is 7.19. The van der Waals surface area contributed by atoms with Crippen LogP contribution in [0.25, 0.3) is 0 Å². The lowest BCUT2D eigenvalue weighted by molar-refractivity contribution is -0.148. The lowest BCUT2D eigenvalue weighted by Gasteiger charge is -2.37. The van der Waals surface area contributed by atoms with E-state index in [1.165, 1.54) is 0 Å². The van der Waals surface area contributed by atoms with Gasteiger partial charge in [-0.15, -0.1) is 0 Å². The first-order chi connectivity index (χ1) is 12.5. The van der Waals surface area contributed by atoms with Crippen molar-refractivity contribution in [3.8, 4) is 0 Å². The van der Waals surface area contributed by atoms with Crippen molar-refractivity contribution in [1.29, 1.82) is 0 Å². The van der Waals surface area contributed by atoms with Gasteiger partial charge in [0.15, 0.2) is 6.10 Å². The molecular weight excluding hydrogens is 360 g/mol. The number of hydrogen-bond acceptors (Lipinski definition) is 5. The van der Waals surface area contributed by atoms with Gasteiger partial charge in [-0.2, -0.15) is 0 Å². The topological polar surface area (TPSA) is 96.9 Å². The molecule has 8 heteroatoms. The molecule has 3 N–H and O–H groups in total. The van der Waals surface area contributed by atoms with Crippen LogP contribution in [-0.4, -0.2) is 56.0 Å². The van der Waals surface area contributed by atoms with E-state index in [1.54, 1.807) is 24.3 Å². The minimum Gasteiger partial charge on any atom is -0.396 e. The van der Waals surface area contributed by atoms with Gasteiger partial charge in [0.25, 0.3) is 5.91 Å². The Bertz CT molecular complexity index is 663. The van der Waals surface area contributed by atoms with Crippen molar-refractivity contribution in [1.82, 2.24) is 10.6 Å². The van der Waals surface area contributed by atoms with Crippen LogP contribution in [0.3, 0.4) is 0 Å². The number of amides is 2. The zero-order valence-corrected chi connectivity index (χ0v) is 15.1. The second kappa shape index (κ2) is 8.35. The maximum absolute atomic E-state index is 12.8. The molecule has 0 aromatic heterocycles. The number of morpholine rings is 1.